The lowest BCUT2D eigenvalue weighted by molar-refractivity contribution is 0.243. The van der Waals surface area contributed by atoms with Crippen molar-refractivity contribution < 1.29 is 13.2 Å². The van der Waals surface area contributed by atoms with Crippen LogP contribution in [-0.4, -0.2) is 29.1 Å². The number of primary sulfonamides is 1. The van der Waals surface area contributed by atoms with Gasteiger partial charge in [0.15, 0.2) is 5.13 Å². The van der Waals surface area contributed by atoms with Gasteiger partial charge in [-0.05, 0) is 45.9 Å². The van der Waals surface area contributed by atoms with Crippen LogP contribution in [0.15, 0.2) is 28.5 Å². The van der Waals surface area contributed by atoms with Gasteiger partial charge in [-0.1, -0.05) is 0 Å². The molecular weight excluding hydrogens is 398 g/mol. The number of anilines is 2. The second-order valence-corrected chi connectivity index (χ2v) is 9.10. The fourth-order valence-corrected chi connectivity index (χ4v) is 3.90. The molecule has 0 aliphatic heterocycles. The Hall–Kier alpha value is -2.43. The van der Waals surface area contributed by atoms with Crippen LogP contribution in [0.2, 0.25) is 0 Å². The van der Waals surface area contributed by atoms with Crippen molar-refractivity contribution >= 4 is 32.2 Å². The number of nitrogens with zero attached hydrogens (tertiary/aromatic N) is 3. The van der Waals surface area contributed by atoms with Gasteiger partial charge in [0, 0.05) is 18.1 Å². The summed E-state index contributed by atoms with van der Waals surface area (Å²) in [7, 11) is -1.87. The molecule has 0 bridgehead atoms. The normalized spacial score (nSPS) is 11.8. The lowest BCUT2D eigenvalue weighted by atomic mass is 10.3. The number of aryl methyl sites for hydroxylation is 1. The largest absolute Gasteiger partial charge is 0.489 e. The molecule has 0 aliphatic carbocycles. The number of benzene rings is 1. The van der Waals surface area contributed by atoms with Crippen LogP contribution in [0.1, 0.15) is 25.4 Å². The summed E-state index contributed by atoms with van der Waals surface area (Å²) in [5.74, 6) is 1.42. The van der Waals surface area contributed by atoms with Gasteiger partial charge < -0.3 is 14.6 Å². The number of hydrogen-bond donors (Lipinski definition) is 2. The number of ether oxygens (including phenoxy) is 1. The average Bonchev–Trinajstić information content (AvgIpc) is 3.15. The molecule has 3 aromatic rings. The van der Waals surface area contributed by atoms with E-state index in [1.54, 1.807) is 6.07 Å². The number of aromatic nitrogens is 3. The molecule has 0 atom stereocenters. The summed E-state index contributed by atoms with van der Waals surface area (Å²) in [6, 6.07) is 4.46. The second kappa shape index (κ2) is 7.53. The molecule has 0 saturated heterocycles. The van der Waals surface area contributed by atoms with Crippen LogP contribution in [0, 0.1) is 13.8 Å². The lowest BCUT2D eigenvalue weighted by Crippen LogP contribution is -2.13. The van der Waals surface area contributed by atoms with Crippen LogP contribution in [0.5, 0.6) is 5.75 Å². The molecule has 0 spiro atoms. The number of nitrogens with one attached hydrogen (secondary N) is 1. The SMILES string of the molecule is Cc1nc(-c2csc(Nc3cc(S(N)(=O)=O)ccc3OC(C)C)n2)c(C)n1C. The molecular formula is C18H23N5O3S2. The minimum atomic E-state index is -3.83. The molecule has 0 saturated carbocycles. The smallest absolute Gasteiger partial charge is 0.238 e. The predicted octanol–water partition coefficient (Wildman–Crippen LogP) is 3.34. The van der Waals surface area contributed by atoms with Crippen molar-refractivity contribution in [3.8, 4) is 17.1 Å². The number of nitrogens with two attached hydrogens (primary N) is 1. The van der Waals surface area contributed by atoms with Crippen molar-refractivity contribution in [2.75, 3.05) is 5.32 Å². The highest BCUT2D eigenvalue weighted by Gasteiger charge is 2.17. The average molecular weight is 422 g/mol. The molecule has 0 radical (unpaired) electrons. The van der Waals surface area contributed by atoms with E-state index in [-0.39, 0.29) is 11.0 Å². The lowest BCUT2D eigenvalue weighted by Gasteiger charge is -2.15. The molecule has 0 unspecified atom stereocenters. The monoisotopic (exact) mass is 421 g/mol. The van der Waals surface area contributed by atoms with Gasteiger partial charge in [0.1, 0.15) is 23.0 Å². The van der Waals surface area contributed by atoms with Crippen LogP contribution < -0.4 is 15.2 Å². The molecule has 0 amide bonds. The first-order chi connectivity index (χ1) is 13.1. The third kappa shape index (κ3) is 4.18. The molecule has 28 heavy (non-hydrogen) atoms. The molecule has 150 valence electrons. The maximum atomic E-state index is 11.7. The van der Waals surface area contributed by atoms with Crippen molar-refractivity contribution in [2.45, 2.75) is 38.7 Å². The Kier molecular flexibility index (Phi) is 5.46. The van der Waals surface area contributed by atoms with Crippen LogP contribution in [-0.2, 0) is 17.1 Å². The molecule has 3 rings (SSSR count). The zero-order chi connectivity index (χ0) is 20.6. The first kappa shape index (κ1) is 20.3. The van der Waals surface area contributed by atoms with Crippen molar-refractivity contribution in [3.05, 3.63) is 35.1 Å². The summed E-state index contributed by atoms with van der Waals surface area (Å²) >= 11 is 1.40. The number of hydrogen-bond acceptors (Lipinski definition) is 7. The van der Waals surface area contributed by atoms with Crippen molar-refractivity contribution in [3.63, 3.8) is 0 Å². The van der Waals surface area contributed by atoms with Crippen LogP contribution >= 0.6 is 11.3 Å². The Morgan fingerprint density at radius 1 is 1.25 bits per heavy atom. The Labute approximate surface area is 168 Å². The molecule has 8 nitrogen and oxygen atoms in total. The molecule has 2 aromatic heterocycles. The summed E-state index contributed by atoms with van der Waals surface area (Å²) < 4.78 is 31.2. The van der Waals surface area contributed by atoms with Gasteiger partial charge in [0.25, 0.3) is 0 Å². The van der Waals surface area contributed by atoms with Gasteiger partial charge in [0.2, 0.25) is 10.0 Å². The van der Waals surface area contributed by atoms with Gasteiger partial charge in [-0.2, -0.15) is 0 Å². The highest BCUT2D eigenvalue weighted by molar-refractivity contribution is 7.89. The van der Waals surface area contributed by atoms with E-state index >= 15 is 0 Å². The molecule has 0 fully saturated rings. The number of sulfonamides is 1. The quantitative estimate of drug-likeness (QED) is 0.631. The zero-order valence-corrected chi connectivity index (χ0v) is 18.0. The van der Waals surface area contributed by atoms with E-state index in [0.717, 1.165) is 22.9 Å². The maximum Gasteiger partial charge on any atom is 0.238 e. The highest BCUT2D eigenvalue weighted by atomic mass is 32.2. The van der Waals surface area contributed by atoms with Crippen LogP contribution in [0.3, 0.4) is 0 Å². The van der Waals surface area contributed by atoms with Gasteiger partial charge in [-0.3, -0.25) is 0 Å². The van der Waals surface area contributed by atoms with Crippen LogP contribution in [0.25, 0.3) is 11.4 Å². The number of thiazole rings is 1. The Bertz CT molecular complexity index is 1120. The maximum absolute atomic E-state index is 11.7. The van der Waals surface area contributed by atoms with E-state index < -0.39 is 10.0 Å². The van der Waals surface area contributed by atoms with E-state index in [1.165, 1.54) is 23.5 Å². The van der Waals surface area contributed by atoms with Gasteiger partial charge in [-0.25, -0.2) is 23.5 Å². The Morgan fingerprint density at radius 3 is 2.54 bits per heavy atom. The summed E-state index contributed by atoms with van der Waals surface area (Å²) in [5, 5.41) is 10.9. The van der Waals surface area contributed by atoms with Gasteiger partial charge >= 0.3 is 0 Å². The van der Waals surface area contributed by atoms with Crippen molar-refractivity contribution in [2.24, 2.45) is 12.2 Å². The standard InChI is InChI=1S/C18H23N5O3S2/c1-10(2)26-16-7-6-13(28(19,24)25)8-14(16)21-18-22-15(9-27-18)17-11(3)23(5)12(4)20-17/h6-10H,1-5H3,(H,21,22)(H2,19,24,25). The molecule has 1 aromatic carbocycles. The van der Waals surface area contributed by atoms with E-state index in [0.29, 0.717) is 16.6 Å². The minimum absolute atomic E-state index is 0.000851. The fourth-order valence-electron chi connectivity index (χ4n) is 2.66. The van der Waals surface area contributed by atoms with E-state index in [2.05, 4.69) is 15.3 Å². The van der Waals surface area contributed by atoms with Crippen LogP contribution in [0.4, 0.5) is 10.8 Å². The van der Waals surface area contributed by atoms with Gasteiger partial charge in [0.05, 0.1) is 16.7 Å². The highest BCUT2D eigenvalue weighted by Crippen LogP contribution is 2.34. The topological polar surface area (TPSA) is 112 Å². The number of rotatable bonds is 6. The summed E-state index contributed by atoms with van der Waals surface area (Å²) in [6.07, 6.45) is -0.0770. The molecule has 3 N–H and O–H groups in total. The second-order valence-electron chi connectivity index (χ2n) is 6.68. The fraction of sp³-hybridized carbons (Fsp3) is 0.333. The summed E-state index contributed by atoms with van der Waals surface area (Å²) in [5.41, 5.74) is 3.08. The first-order valence-electron chi connectivity index (χ1n) is 8.62. The zero-order valence-electron chi connectivity index (χ0n) is 16.3. The third-order valence-electron chi connectivity index (χ3n) is 4.24. The summed E-state index contributed by atoms with van der Waals surface area (Å²) in [6.45, 7) is 7.72. The predicted molar refractivity (Wildman–Crippen MR) is 111 cm³/mol. The number of imidazole rings is 1. The third-order valence-corrected chi connectivity index (χ3v) is 5.90. The Balaban J connectivity index is 1.96. The minimum Gasteiger partial charge on any atom is -0.489 e. The first-order valence-corrected chi connectivity index (χ1v) is 11.0. The van der Waals surface area contributed by atoms with E-state index in [1.807, 2.05) is 44.7 Å². The molecule has 10 heteroatoms. The molecule has 2 heterocycles. The van der Waals surface area contributed by atoms with Crippen molar-refractivity contribution in [1.29, 1.82) is 0 Å². The van der Waals surface area contributed by atoms with Gasteiger partial charge in [-0.15, -0.1) is 11.3 Å². The Morgan fingerprint density at radius 2 is 1.96 bits per heavy atom. The molecule has 0 aliphatic rings. The van der Waals surface area contributed by atoms with Crippen molar-refractivity contribution in [1.82, 2.24) is 14.5 Å². The van der Waals surface area contributed by atoms with E-state index in [4.69, 9.17) is 9.88 Å². The van der Waals surface area contributed by atoms with E-state index in [9.17, 15) is 8.42 Å². The summed E-state index contributed by atoms with van der Waals surface area (Å²) in [4.78, 5) is 9.16.